The maximum absolute atomic E-state index is 12.3. The van der Waals surface area contributed by atoms with Crippen LogP contribution in [-0.2, 0) is 5.54 Å². The number of thiophene rings is 1. The zero-order valence-corrected chi connectivity index (χ0v) is 13.4. The molecule has 1 amide bonds. The van der Waals surface area contributed by atoms with Gasteiger partial charge in [0, 0.05) is 15.5 Å². The molecule has 0 aliphatic carbocycles. The van der Waals surface area contributed by atoms with Gasteiger partial charge in [-0.25, -0.2) is 0 Å². The molecule has 0 saturated heterocycles. The maximum atomic E-state index is 12.3. The Kier molecular flexibility index (Phi) is 4.06. The fourth-order valence-electron chi connectivity index (χ4n) is 1.78. The van der Waals surface area contributed by atoms with Crippen molar-refractivity contribution >= 4 is 33.2 Å². The van der Waals surface area contributed by atoms with E-state index in [2.05, 4.69) is 26.2 Å². The minimum atomic E-state index is -0.504. The molecule has 0 radical (unpaired) electrons. The third kappa shape index (κ3) is 3.22. The highest BCUT2D eigenvalue weighted by atomic mass is 79.9. The van der Waals surface area contributed by atoms with Gasteiger partial charge in [0.25, 0.3) is 5.91 Å². The molecule has 1 N–H and O–H groups in total. The first kappa shape index (κ1) is 14.2. The normalized spacial score (nSPS) is 11.4. The Balaban J connectivity index is 2.21. The molecule has 0 unspecified atom stereocenters. The third-order valence-electron chi connectivity index (χ3n) is 2.75. The molecule has 0 fully saturated rings. The molecular weight excluding hydrogens is 324 g/mol. The van der Waals surface area contributed by atoms with E-state index in [1.54, 1.807) is 6.20 Å². The summed E-state index contributed by atoms with van der Waals surface area (Å²) in [6, 6.07) is 7.64. The van der Waals surface area contributed by atoms with E-state index in [0.29, 0.717) is 4.88 Å². The monoisotopic (exact) mass is 338 g/mol. The lowest BCUT2D eigenvalue weighted by Gasteiger charge is -2.25. The van der Waals surface area contributed by atoms with Gasteiger partial charge < -0.3 is 5.32 Å². The summed E-state index contributed by atoms with van der Waals surface area (Å²) in [5.74, 6) is -0.0828. The average Bonchev–Trinajstić information content (AvgIpc) is 2.69. The fourth-order valence-corrected chi connectivity index (χ4v) is 3.49. The van der Waals surface area contributed by atoms with Gasteiger partial charge in [0.15, 0.2) is 0 Å². The third-order valence-corrected chi connectivity index (χ3v) is 4.68. The predicted octanol–water partition coefficient (Wildman–Crippen LogP) is 3.88. The molecule has 0 aliphatic rings. The molecule has 2 aromatic rings. The Bertz CT molecular complexity index is 593. The Morgan fingerprint density at radius 3 is 2.68 bits per heavy atom. The zero-order valence-electron chi connectivity index (χ0n) is 11.0. The van der Waals surface area contributed by atoms with Crippen molar-refractivity contribution in [2.24, 2.45) is 0 Å². The summed E-state index contributed by atoms with van der Waals surface area (Å²) in [5.41, 5.74) is 0.336. The van der Waals surface area contributed by atoms with E-state index in [4.69, 9.17) is 0 Å². The Morgan fingerprint density at radius 2 is 2.16 bits per heavy atom. The lowest BCUT2D eigenvalue weighted by molar-refractivity contribution is 0.0914. The van der Waals surface area contributed by atoms with Crippen molar-refractivity contribution in [3.63, 3.8) is 0 Å². The quantitative estimate of drug-likeness (QED) is 0.922. The van der Waals surface area contributed by atoms with Crippen molar-refractivity contribution in [1.29, 1.82) is 0 Å². The molecule has 100 valence electrons. The van der Waals surface area contributed by atoms with Gasteiger partial charge in [0.05, 0.1) is 11.2 Å². The van der Waals surface area contributed by atoms with E-state index in [0.717, 1.165) is 15.0 Å². The van der Waals surface area contributed by atoms with Gasteiger partial charge in [-0.05, 0) is 54.9 Å². The van der Waals surface area contributed by atoms with Crippen LogP contribution in [0.4, 0.5) is 0 Å². The van der Waals surface area contributed by atoms with Crippen LogP contribution >= 0.6 is 27.3 Å². The van der Waals surface area contributed by atoms with Gasteiger partial charge in [0.2, 0.25) is 0 Å². The molecule has 2 rings (SSSR count). The first-order valence-corrected chi connectivity index (χ1v) is 7.51. The lowest BCUT2D eigenvalue weighted by Crippen LogP contribution is -2.41. The van der Waals surface area contributed by atoms with Crippen LogP contribution < -0.4 is 5.32 Å². The van der Waals surface area contributed by atoms with Crippen LogP contribution in [0.1, 0.15) is 34.1 Å². The van der Waals surface area contributed by atoms with E-state index in [9.17, 15) is 4.79 Å². The van der Waals surface area contributed by atoms with Crippen LogP contribution in [0.3, 0.4) is 0 Å². The number of amides is 1. The molecule has 0 aliphatic heterocycles. The van der Waals surface area contributed by atoms with E-state index in [1.165, 1.54) is 11.3 Å². The van der Waals surface area contributed by atoms with Crippen LogP contribution in [0.5, 0.6) is 0 Å². The lowest BCUT2D eigenvalue weighted by atomic mass is 10.00. The highest BCUT2D eigenvalue weighted by molar-refractivity contribution is 9.10. The molecule has 0 aromatic carbocycles. The number of carbonyl (C=O) groups is 1. The summed E-state index contributed by atoms with van der Waals surface area (Å²) in [5, 5.41) is 3.02. The molecule has 0 spiro atoms. The second kappa shape index (κ2) is 5.43. The number of pyridine rings is 1. The molecule has 3 nitrogen and oxygen atoms in total. The van der Waals surface area contributed by atoms with Gasteiger partial charge in [-0.1, -0.05) is 6.07 Å². The first-order chi connectivity index (χ1) is 8.90. The van der Waals surface area contributed by atoms with Crippen LogP contribution in [0.25, 0.3) is 0 Å². The summed E-state index contributed by atoms with van der Waals surface area (Å²) in [4.78, 5) is 18.4. The number of halogens is 1. The van der Waals surface area contributed by atoms with Gasteiger partial charge in [-0.2, -0.15) is 0 Å². The number of hydrogen-bond donors (Lipinski definition) is 1. The van der Waals surface area contributed by atoms with Crippen molar-refractivity contribution in [3.8, 4) is 0 Å². The number of aryl methyl sites for hydroxylation is 1. The minimum Gasteiger partial charge on any atom is -0.341 e. The highest BCUT2D eigenvalue weighted by Crippen LogP contribution is 2.28. The Labute approximate surface area is 125 Å². The standard InChI is InChI=1S/C14H15BrN2OS/c1-9-8-10(15)12(19-9)13(18)17-14(2,3)11-6-4-5-7-16-11/h4-8H,1-3H3,(H,17,18). The molecule has 0 saturated carbocycles. The van der Waals surface area contributed by atoms with Crippen molar-refractivity contribution in [1.82, 2.24) is 10.3 Å². The second-order valence-electron chi connectivity index (χ2n) is 4.83. The second-order valence-corrected chi connectivity index (χ2v) is 6.94. The smallest absolute Gasteiger partial charge is 0.263 e. The van der Waals surface area contributed by atoms with E-state index in [-0.39, 0.29) is 5.91 Å². The highest BCUT2D eigenvalue weighted by Gasteiger charge is 2.26. The van der Waals surface area contributed by atoms with E-state index >= 15 is 0 Å². The van der Waals surface area contributed by atoms with Crippen molar-refractivity contribution in [3.05, 3.63) is 50.4 Å². The minimum absolute atomic E-state index is 0.0828. The van der Waals surface area contributed by atoms with Crippen LogP contribution in [0, 0.1) is 6.92 Å². The molecule has 0 atom stereocenters. The molecule has 5 heteroatoms. The van der Waals surface area contributed by atoms with Crippen LogP contribution in [0.15, 0.2) is 34.9 Å². The number of rotatable bonds is 3. The molecule has 2 aromatic heterocycles. The largest absolute Gasteiger partial charge is 0.341 e. The summed E-state index contributed by atoms with van der Waals surface area (Å²) in [6.45, 7) is 5.87. The summed E-state index contributed by atoms with van der Waals surface area (Å²) in [7, 11) is 0. The molecule has 2 heterocycles. The van der Waals surface area contributed by atoms with Gasteiger partial charge in [0.1, 0.15) is 4.88 Å². The Hall–Kier alpha value is -1.20. The van der Waals surface area contributed by atoms with Crippen LogP contribution in [-0.4, -0.2) is 10.9 Å². The van der Waals surface area contributed by atoms with Crippen molar-refractivity contribution in [2.75, 3.05) is 0 Å². The Morgan fingerprint density at radius 1 is 1.42 bits per heavy atom. The molecule has 0 bridgehead atoms. The topological polar surface area (TPSA) is 42.0 Å². The predicted molar refractivity (Wildman–Crippen MR) is 81.5 cm³/mol. The van der Waals surface area contributed by atoms with Gasteiger partial charge >= 0.3 is 0 Å². The fraction of sp³-hybridized carbons (Fsp3) is 0.286. The summed E-state index contributed by atoms with van der Waals surface area (Å²) >= 11 is 4.89. The maximum Gasteiger partial charge on any atom is 0.263 e. The summed E-state index contributed by atoms with van der Waals surface area (Å²) in [6.07, 6.45) is 1.73. The number of aromatic nitrogens is 1. The number of carbonyl (C=O) groups excluding carboxylic acids is 1. The number of nitrogens with zero attached hydrogens (tertiary/aromatic N) is 1. The first-order valence-electron chi connectivity index (χ1n) is 5.90. The molecular formula is C14H15BrN2OS. The van der Waals surface area contributed by atoms with Crippen molar-refractivity contribution in [2.45, 2.75) is 26.3 Å². The average molecular weight is 339 g/mol. The zero-order chi connectivity index (χ0) is 14.0. The number of hydrogen-bond acceptors (Lipinski definition) is 3. The van der Waals surface area contributed by atoms with E-state index in [1.807, 2.05) is 45.0 Å². The number of nitrogens with one attached hydrogen (secondary N) is 1. The molecule has 19 heavy (non-hydrogen) atoms. The van der Waals surface area contributed by atoms with E-state index < -0.39 is 5.54 Å². The summed E-state index contributed by atoms with van der Waals surface area (Å²) < 4.78 is 0.837. The van der Waals surface area contributed by atoms with Gasteiger partial charge in [-0.3, -0.25) is 9.78 Å². The van der Waals surface area contributed by atoms with Crippen molar-refractivity contribution < 1.29 is 4.79 Å². The van der Waals surface area contributed by atoms with Gasteiger partial charge in [-0.15, -0.1) is 11.3 Å². The van der Waals surface area contributed by atoms with Crippen LogP contribution in [0.2, 0.25) is 0 Å². The SMILES string of the molecule is Cc1cc(Br)c(C(=O)NC(C)(C)c2ccccn2)s1.